The Kier molecular flexibility index (Phi) is 9.36. The second-order valence-corrected chi connectivity index (χ2v) is 9.97. The Bertz CT molecular complexity index is 1110. The normalized spacial score (nSPS) is 14.1. The lowest BCUT2D eigenvalue weighted by Crippen LogP contribution is -2.37. The van der Waals surface area contributed by atoms with Crippen molar-refractivity contribution in [2.45, 2.75) is 32.1 Å². The van der Waals surface area contributed by atoms with E-state index in [9.17, 15) is 13.2 Å². The summed E-state index contributed by atoms with van der Waals surface area (Å²) >= 11 is 0. The van der Waals surface area contributed by atoms with Crippen LogP contribution < -0.4 is 19.7 Å². The van der Waals surface area contributed by atoms with Crippen molar-refractivity contribution < 1.29 is 27.4 Å². The Labute approximate surface area is 208 Å². The van der Waals surface area contributed by atoms with E-state index >= 15 is 0 Å². The number of hydrogen-bond acceptors (Lipinski definition) is 7. The smallest absolute Gasteiger partial charge is 0.255 e. The summed E-state index contributed by atoms with van der Waals surface area (Å²) in [6.07, 6.45) is 0.850. The molecule has 3 rings (SSSR count). The molecule has 1 N–H and O–H groups in total. The summed E-state index contributed by atoms with van der Waals surface area (Å²) in [7, 11) is -2.17. The highest BCUT2D eigenvalue weighted by Gasteiger charge is 2.25. The summed E-state index contributed by atoms with van der Waals surface area (Å²) in [4.78, 5) is 15.5. The molecule has 1 aliphatic heterocycles. The number of amides is 1. The number of methoxy groups -OCH3 is 1. The van der Waals surface area contributed by atoms with Crippen LogP contribution in [0.15, 0.2) is 41.3 Å². The predicted molar refractivity (Wildman–Crippen MR) is 136 cm³/mol. The molecule has 0 atom stereocenters. The molecule has 10 heteroatoms. The maximum absolute atomic E-state index is 13.2. The van der Waals surface area contributed by atoms with Crippen LogP contribution in [0, 0.1) is 0 Å². The molecular formula is C25H35N3O6S. The van der Waals surface area contributed by atoms with Gasteiger partial charge in [-0.15, -0.1) is 0 Å². The fourth-order valence-corrected chi connectivity index (χ4v) is 5.39. The summed E-state index contributed by atoms with van der Waals surface area (Å²) in [5.74, 6) is 0.641. The molecule has 0 bridgehead atoms. The van der Waals surface area contributed by atoms with Gasteiger partial charge in [-0.05, 0) is 42.8 Å². The minimum absolute atomic E-state index is 0.134. The van der Waals surface area contributed by atoms with E-state index in [1.807, 2.05) is 6.92 Å². The zero-order valence-corrected chi connectivity index (χ0v) is 21.7. The number of carbonyl (C=O) groups is 1. The Morgan fingerprint density at radius 2 is 1.77 bits per heavy atom. The van der Waals surface area contributed by atoms with Crippen LogP contribution in [0.3, 0.4) is 0 Å². The number of anilines is 2. The van der Waals surface area contributed by atoms with Gasteiger partial charge in [-0.25, -0.2) is 8.42 Å². The predicted octanol–water partition coefficient (Wildman–Crippen LogP) is 3.60. The van der Waals surface area contributed by atoms with Crippen LogP contribution in [-0.4, -0.2) is 71.7 Å². The minimum Gasteiger partial charge on any atom is -0.493 e. The molecule has 9 nitrogen and oxygen atoms in total. The third-order valence-corrected chi connectivity index (χ3v) is 7.84. The molecule has 2 aromatic rings. The molecule has 0 aliphatic carbocycles. The van der Waals surface area contributed by atoms with Crippen LogP contribution in [0.25, 0.3) is 0 Å². The van der Waals surface area contributed by atoms with Gasteiger partial charge in [0.1, 0.15) is 0 Å². The number of benzene rings is 2. The van der Waals surface area contributed by atoms with Crippen LogP contribution in [-0.2, 0) is 14.8 Å². The van der Waals surface area contributed by atoms with Gasteiger partial charge in [0.15, 0.2) is 11.5 Å². The summed E-state index contributed by atoms with van der Waals surface area (Å²) in [5, 5.41) is 2.92. The molecule has 1 heterocycles. The van der Waals surface area contributed by atoms with Crippen molar-refractivity contribution in [2.24, 2.45) is 0 Å². The average molecular weight is 506 g/mol. The molecule has 1 saturated heterocycles. The second-order valence-electron chi connectivity index (χ2n) is 8.04. The van der Waals surface area contributed by atoms with E-state index in [1.54, 1.807) is 44.2 Å². The van der Waals surface area contributed by atoms with Crippen LogP contribution in [0.5, 0.6) is 11.5 Å². The number of morpholine rings is 1. The molecule has 1 fully saturated rings. The lowest BCUT2D eigenvalue weighted by molar-refractivity contribution is 0.102. The molecule has 0 radical (unpaired) electrons. The first-order valence-electron chi connectivity index (χ1n) is 11.9. The third-order valence-electron chi connectivity index (χ3n) is 5.80. The van der Waals surface area contributed by atoms with Gasteiger partial charge in [-0.2, -0.15) is 4.31 Å². The van der Waals surface area contributed by atoms with Crippen molar-refractivity contribution in [3.8, 4) is 11.5 Å². The van der Waals surface area contributed by atoms with Gasteiger partial charge >= 0.3 is 0 Å². The third kappa shape index (κ3) is 6.25. The lowest BCUT2D eigenvalue weighted by atomic mass is 10.1. The van der Waals surface area contributed by atoms with Crippen LogP contribution in [0.4, 0.5) is 11.4 Å². The van der Waals surface area contributed by atoms with E-state index in [-0.39, 0.29) is 10.8 Å². The first-order valence-corrected chi connectivity index (χ1v) is 13.4. The molecule has 192 valence electrons. The quantitative estimate of drug-likeness (QED) is 0.498. The van der Waals surface area contributed by atoms with Gasteiger partial charge in [-0.1, -0.05) is 20.8 Å². The SMILES string of the molecule is CCCOc1ccc(C(=O)Nc2cc(S(=O)(=O)N(CC)CC)ccc2N2CCOCC2)cc1OC. The van der Waals surface area contributed by atoms with Gasteiger partial charge in [0.25, 0.3) is 5.91 Å². The van der Waals surface area contributed by atoms with Gasteiger partial charge in [0.2, 0.25) is 10.0 Å². The number of sulfonamides is 1. The van der Waals surface area contributed by atoms with Crippen molar-refractivity contribution in [1.82, 2.24) is 4.31 Å². The zero-order chi connectivity index (χ0) is 25.4. The fraction of sp³-hybridized carbons (Fsp3) is 0.480. The number of ether oxygens (including phenoxy) is 3. The molecule has 35 heavy (non-hydrogen) atoms. The van der Waals surface area contributed by atoms with Crippen molar-refractivity contribution in [3.05, 3.63) is 42.0 Å². The van der Waals surface area contributed by atoms with Crippen LogP contribution >= 0.6 is 0 Å². The van der Waals surface area contributed by atoms with Crippen molar-refractivity contribution >= 4 is 27.3 Å². The standard InChI is InChI=1S/C25H35N3O6S/c1-5-14-34-23-11-8-19(17-24(23)32-4)25(29)26-21-18-20(35(30,31)28(6-2)7-3)9-10-22(21)27-12-15-33-16-13-27/h8-11,17-18H,5-7,12-16H2,1-4H3,(H,26,29). The molecule has 0 spiro atoms. The van der Waals surface area contributed by atoms with Gasteiger partial charge in [0.05, 0.1) is 43.2 Å². The first-order chi connectivity index (χ1) is 16.8. The summed E-state index contributed by atoms with van der Waals surface area (Å²) in [6.45, 7) is 9.26. The fourth-order valence-electron chi connectivity index (χ4n) is 3.90. The van der Waals surface area contributed by atoms with Crippen molar-refractivity contribution in [1.29, 1.82) is 0 Å². The number of nitrogens with zero attached hydrogens (tertiary/aromatic N) is 2. The molecule has 1 amide bonds. The maximum atomic E-state index is 13.2. The zero-order valence-electron chi connectivity index (χ0n) is 20.9. The Balaban J connectivity index is 1.97. The van der Waals surface area contributed by atoms with E-state index in [4.69, 9.17) is 14.2 Å². The van der Waals surface area contributed by atoms with E-state index in [1.165, 1.54) is 17.5 Å². The topological polar surface area (TPSA) is 97.4 Å². The highest BCUT2D eigenvalue weighted by atomic mass is 32.2. The highest BCUT2D eigenvalue weighted by Crippen LogP contribution is 2.33. The molecule has 0 saturated carbocycles. The molecule has 0 unspecified atom stereocenters. The highest BCUT2D eigenvalue weighted by molar-refractivity contribution is 7.89. The Hall–Kier alpha value is -2.82. The van der Waals surface area contributed by atoms with Gasteiger partial charge in [-0.3, -0.25) is 4.79 Å². The van der Waals surface area contributed by atoms with Gasteiger partial charge in [0, 0.05) is 31.7 Å². The van der Waals surface area contributed by atoms with E-state index in [2.05, 4.69) is 10.2 Å². The largest absolute Gasteiger partial charge is 0.493 e. The minimum atomic E-state index is -3.69. The van der Waals surface area contributed by atoms with Crippen molar-refractivity contribution in [2.75, 3.05) is 63.3 Å². The Morgan fingerprint density at radius 1 is 1.06 bits per heavy atom. The first kappa shape index (κ1) is 26.8. The monoisotopic (exact) mass is 505 g/mol. The van der Waals surface area contributed by atoms with E-state index in [0.29, 0.717) is 68.7 Å². The van der Waals surface area contributed by atoms with Crippen LogP contribution in [0.2, 0.25) is 0 Å². The number of hydrogen-bond donors (Lipinski definition) is 1. The van der Waals surface area contributed by atoms with Crippen LogP contribution in [0.1, 0.15) is 37.6 Å². The number of carbonyl (C=O) groups excluding carboxylic acids is 1. The number of nitrogens with one attached hydrogen (secondary N) is 1. The number of rotatable bonds is 11. The van der Waals surface area contributed by atoms with E-state index < -0.39 is 10.0 Å². The lowest BCUT2D eigenvalue weighted by Gasteiger charge is -2.31. The summed E-state index contributed by atoms with van der Waals surface area (Å²) < 4.78 is 44.2. The Morgan fingerprint density at radius 3 is 2.40 bits per heavy atom. The maximum Gasteiger partial charge on any atom is 0.255 e. The summed E-state index contributed by atoms with van der Waals surface area (Å²) in [5.41, 5.74) is 1.54. The average Bonchev–Trinajstić information content (AvgIpc) is 2.88. The van der Waals surface area contributed by atoms with Crippen molar-refractivity contribution in [3.63, 3.8) is 0 Å². The summed E-state index contributed by atoms with van der Waals surface area (Å²) in [6, 6.07) is 9.86. The molecule has 2 aromatic carbocycles. The van der Waals surface area contributed by atoms with Gasteiger partial charge < -0.3 is 24.4 Å². The molecule has 0 aromatic heterocycles. The molecular weight excluding hydrogens is 470 g/mol. The molecule has 1 aliphatic rings. The van der Waals surface area contributed by atoms with E-state index in [0.717, 1.165) is 12.1 Å². The second kappa shape index (κ2) is 12.2.